The van der Waals surface area contributed by atoms with Crippen molar-refractivity contribution in [1.82, 2.24) is 20.0 Å². The predicted octanol–water partition coefficient (Wildman–Crippen LogP) is 3.94. The predicted molar refractivity (Wildman–Crippen MR) is 97.3 cm³/mol. The van der Waals surface area contributed by atoms with Crippen LogP contribution >= 0.6 is 0 Å². The fraction of sp³-hybridized carbons (Fsp3) is 0.158. The zero-order chi connectivity index (χ0) is 20.4. The van der Waals surface area contributed by atoms with E-state index in [-0.39, 0.29) is 23.8 Å². The quantitative estimate of drug-likeness (QED) is 0.527. The Morgan fingerprint density at radius 2 is 2.00 bits per heavy atom. The topological polar surface area (TPSA) is 99.0 Å². The number of aromatic nitrogens is 4. The summed E-state index contributed by atoms with van der Waals surface area (Å²) in [6.45, 7) is 0.786. The van der Waals surface area contributed by atoms with Crippen molar-refractivity contribution in [3.05, 3.63) is 72.3 Å². The summed E-state index contributed by atoms with van der Waals surface area (Å²) in [6, 6.07) is 11.7. The van der Waals surface area contributed by atoms with Crippen LogP contribution < -0.4 is 5.32 Å². The van der Waals surface area contributed by atoms with Crippen LogP contribution in [-0.2, 0) is 12.5 Å². The fourth-order valence-electron chi connectivity index (χ4n) is 2.65. The minimum atomic E-state index is -3.07. The summed E-state index contributed by atoms with van der Waals surface area (Å²) in [5.74, 6) is -3.26. The number of hydrogen-bond donors (Lipinski definition) is 1. The second-order valence-electron chi connectivity index (χ2n) is 6.26. The summed E-state index contributed by atoms with van der Waals surface area (Å²) < 4.78 is 36.9. The molecule has 0 radical (unpaired) electrons. The third-order valence-corrected chi connectivity index (χ3v) is 3.99. The zero-order valence-corrected chi connectivity index (χ0v) is 15.2. The molecule has 4 rings (SSSR count). The number of carbonyl (C=O) groups is 1. The van der Waals surface area contributed by atoms with Crippen LogP contribution in [-0.4, -0.2) is 25.9 Å². The van der Waals surface area contributed by atoms with Crippen LogP contribution in [0.4, 0.5) is 14.6 Å². The minimum absolute atomic E-state index is 0.0329. The molecule has 0 saturated heterocycles. The highest BCUT2D eigenvalue weighted by Crippen LogP contribution is 2.28. The number of rotatable bonds is 6. The van der Waals surface area contributed by atoms with Gasteiger partial charge in [-0.25, -0.2) is 4.98 Å². The van der Waals surface area contributed by atoms with E-state index >= 15 is 0 Å². The van der Waals surface area contributed by atoms with Crippen molar-refractivity contribution in [2.45, 2.75) is 19.4 Å². The number of anilines is 1. The first-order valence-corrected chi connectivity index (χ1v) is 8.57. The van der Waals surface area contributed by atoms with Crippen LogP contribution in [0.5, 0.6) is 0 Å². The van der Waals surface area contributed by atoms with Gasteiger partial charge in [0.15, 0.2) is 29.4 Å². The summed E-state index contributed by atoms with van der Waals surface area (Å²) in [6.07, 6.45) is 2.52. The Morgan fingerprint density at radius 3 is 2.72 bits per heavy atom. The van der Waals surface area contributed by atoms with Gasteiger partial charge < -0.3 is 14.2 Å². The van der Waals surface area contributed by atoms with Crippen LogP contribution in [0.15, 0.2) is 63.9 Å². The van der Waals surface area contributed by atoms with E-state index < -0.39 is 17.6 Å². The summed E-state index contributed by atoms with van der Waals surface area (Å²) in [7, 11) is 0. The molecule has 0 aliphatic heterocycles. The molecule has 0 saturated carbocycles. The normalized spacial score (nSPS) is 11.6. The molecule has 0 atom stereocenters. The molecule has 1 N–H and O–H groups in total. The molecule has 1 aromatic carbocycles. The third-order valence-electron chi connectivity index (χ3n) is 3.99. The van der Waals surface area contributed by atoms with Crippen LogP contribution in [0.1, 0.15) is 28.9 Å². The molecule has 0 aliphatic rings. The number of carbonyl (C=O) groups excluding carboxylic acids is 1. The Kier molecular flexibility index (Phi) is 4.67. The van der Waals surface area contributed by atoms with Gasteiger partial charge in [0.1, 0.15) is 12.3 Å². The molecule has 0 fully saturated rings. The molecule has 10 heteroatoms. The maximum atomic E-state index is 13.3. The van der Waals surface area contributed by atoms with E-state index in [4.69, 9.17) is 8.83 Å². The van der Waals surface area contributed by atoms with Gasteiger partial charge in [0.25, 0.3) is 5.91 Å². The highest BCUT2D eigenvalue weighted by Gasteiger charge is 2.28. The molecule has 0 aliphatic carbocycles. The second-order valence-corrected chi connectivity index (χ2v) is 6.26. The standard InChI is InChI=1S/C19H15F2N5O3/c1-19(20,21)14-8-7-13(29-14)10-26-23-9-15(25-26)24-18(27)16-17(28-11-22-16)12-5-3-2-4-6-12/h2-9,11H,10H2,1H3,(H,24,25,27). The molecular weight excluding hydrogens is 384 g/mol. The van der Waals surface area contributed by atoms with Crippen LogP contribution in [0, 0.1) is 0 Å². The Balaban J connectivity index is 1.45. The van der Waals surface area contributed by atoms with Crippen molar-refractivity contribution in [1.29, 1.82) is 0 Å². The molecule has 29 heavy (non-hydrogen) atoms. The Morgan fingerprint density at radius 1 is 1.21 bits per heavy atom. The monoisotopic (exact) mass is 399 g/mol. The van der Waals surface area contributed by atoms with Gasteiger partial charge in [-0.1, -0.05) is 30.3 Å². The summed E-state index contributed by atoms with van der Waals surface area (Å²) in [5, 5.41) is 10.7. The molecule has 0 bridgehead atoms. The maximum absolute atomic E-state index is 13.3. The third kappa shape index (κ3) is 4.05. The molecule has 3 heterocycles. The van der Waals surface area contributed by atoms with Gasteiger partial charge in [0.2, 0.25) is 0 Å². The number of alkyl halides is 2. The molecular formula is C19H15F2N5O3. The average Bonchev–Trinajstić information content (AvgIpc) is 3.42. The summed E-state index contributed by atoms with van der Waals surface area (Å²) >= 11 is 0. The van der Waals surface area contributed by atoms with E-state index in [1.54, 1.807) is 12.1 Å². The Bertz CT molecular complexity index is 1130. The number of nitrogens with one attached hydrogen (secondary N) is 1. The number of oxazole rings is 1. The van der Waals surface area contributed by atoms with E-state index in [2.05, 4.69) is 20.5 Å². The van der Waals surface area contributed by atoms with Gasteiger partial charge >= 0.3 is 5.92 Å². The first-order valence-electron chi connectivity index (χ1n) is 8.57. The Hall–Kier alpha value is -3.82. The van der Waals surface area contributed by atoms with E-state index in [1.165, 1.54) is 29.5 Å². The summed E-state index contributed by atoms with van der Waals surface area (Å²) in [4.78, 5) is 17.7. The Labute approximate surface area is 163 Å². The van der Waals surface area contributed by atoms with Crippen molar-refractivity contribution in [2.24, 2.45) is 0 Å². The van der Waals surface area contributed by atoms with Crippen LogP contribution in [0.3, 0.4) is 0 Å². The number of amides is 1. The molecule has 3 aromatic heterocycles. The van der Waals surface area contributed by atoms with Gasteiger partial charge in [0.05, 0.1) is 6.20 Å². The van der Waals surface area contributed by atoms with Gasteiger partial charge in [-0.3, -0.25) is 4.79 Å². The number of nitrogens with zero attached hydrogens (tertiary/aromatic N) is 4. The van der Waals surface area contributed by atoms with E-state index in [9.17, 15) is 13.6 Å². The van der Waals surface area contributed by atoms with Gasteiger partial charge in [0, 0.05) is 12.5 Å². The maximum Gasteiger partial charge on any atom is 0.301 e. The highest BCUT2D eigenvalue weighted by atomic mass is 19.3. The zero-order valence-electron chi connectivity index (χ0n) is 15.2. The van der Waals surface area contributed by atoms with Gasteiger partial charge in [-0.15, -0.1) is 5.10 Å². The SMILES string of the molecule is CC(F)(F)c1ccc(Cn2ncc(NC(=O)c3ncoc3-c3ccccc3)n2)o1. The number of halogens is 2. The van der Waals surface area contributed by atoms with Crippen molar-refractivity contribution in [2.75, 3.05) is 5.32 Å². The van der Waals surface area contributed by atoms with Crippen molar-refractivity contribution in [3.8, 4) is 11.3 Å². The second kappa shape index (κ2) is 7.30. The van der Waals surface area contributed by atoms with Gasteiger partial charge in [-0.2, -0.15) is 18.7 Å². The molecule has 4 aromatic rings. The first-order chi connectivity index (χ1) is 13.9. The molecule has 1 amide bonds. The lowest BCUT2D eigenvalue weighted by Crippen LogP contribution is -2.14. The van der Waals surface area contributed by atoms with E-state index in [0.29, 0.717) is 11.3 Å². The lowest BCUT2D eigenvalue weighted by Gasteiger charge is -2.05. The molecule has 8 nitrogen and oxygen atoms in total. The number of furan rings is 1. The smallest absolute Gasteiger partial charge is 0.301 e. The minimum Gasteiger partial charge on any atom is -0.458 e. The lowest BCUT2D eigenvalue weighted by atomic mass is 10.1. The molecule has 0 unspecified atom stereocenters. The fourth-order valence-corrected chi connectivity index (χ4v) is 2.65. The van der Waals surface area contributed by atoms with Crippen LogP contribution in [0.25, 0.3) is 11.3 Å². The van der Waals surface area contributed by atoms with E-state index in [0.717, 1.165) is 6.92 Å². The van der Waals surface area contributed by atoms with Crippen molar-refractivity contribution in [3.63, 3.8) is 0 Å². The van der Waals surface area contributed by atoms with E-state index in [1.807, 2.05) is 18.2 Å². The average molecular weight is 399 g/mol. The lowest BCUT2D eigenvalue weighted by molar-refractivity contribution is -0.00641. The largest absolute Gasteiger partial charge is 0.458 e. The molecule has 0 spiro atoms. The number of benzene rings is 1. The first kappa shape index (κ1) is 18.5. The number of hydrogen-bond acceptors (Lipinski definition) is 6. The highest BCUT2D eigenvalue weighted by molar-refractivity contribution is 6.05. The van der Waals surface area contributed by atoms with Crippen LogP contribution in [0.2, 0.25) is 0 Å². The van der Waals surface area contributed by atoms with Gasteiger partial charge in [-0.05, 0) is 12.1 Å². The summed E-state index contributed by atoms with van der Waals surface area (Å²) in [5.41, 5.74) is 0.812. The van der Waals surface area contributed by atoms with Crippen molar-refractivity contribution >= 4 is 11.7 Å². The van der Waals surface area contributed by atoms with Crippen molar-refractivity contribution < 1.29 is 22.4 Å². The molecule has 148 valence electrons.